The number of rotatable bonds is 6. The summed E-state index contributed by atoms with van der Waals surface area (Å²) in [5.74, 6) is 0. The maximum absolute atomic E-state index is 4.86. The van der Waals surface area contributed by atoms with Crippen LogP contribution in [0.5, 0.6) is 0 Å². The van der Waals surface area contributed by atoms with E-state index in [0.29, 0.717) is 0 Å². The highest BCUT2D eigenvalue weighted by Crippen LogP contribution is 1.80. The van der Waals surface area contributed by atoms with E-state index in [0.717, 1.165) is 19.7 Å². The smallest absolute Gasteiger partial charge is 0.0587 e. The lowest BCUT2D eigenvalue weighted by Crippen LogP contribution is -2.19. The van der Waals surface area contributed by atoms with Crippen LogP contribution in [-0.2, 0) is 4.74 Å². The molecule has 0 saturated heterocycles. The average Bonchev–Trinajstić information content (AvgIpc) is 2.08. The van der Waals surface area contributed by atoms with Crippen molar-refractivity contribution in [2.75, 3.05) is 26.8 Å². The third kappa shape index (κ3) is 17.8. The first-order valence-corrected chi connectivity index (χ1v) is 4.61. The minimum absolute atomic E-state index is 0. The van der Waals surface area contributed by atoms with Crippen LogP contribution in [-0.4, -0.2) is 26.8 Å². The van der Waals surface area contributed by atoms with Crippen molar-refractivity contribution in [1.82, 2.24) is 5.32 Å². The van der Waals surface area contributed by atoms with E-state index < -0.39 is 0 Å². The molecule has 0 atom stereocenters. The molecule has 0 aromatic heterocycles. The van der Waals surface area contributed by atoms with Gasteiger partial charge in [0, 0.05) is 15.1 Å². The Morgan fingerprint density at radius 2 is 1.91 bits per heavy atom. The molecular weight excluding hydrogens is 138 g/mol. The zero-order valence-electron chi connectivity index (χ0n) is 8.44. The van der Waals surface area contributed by atoms with Crippen molar-refractivity contribution in [2.24, 2.45) is 0 Å². The predicted octanol–water partition coefficient (Wildman–Crippen LogP) is 2.29. The lowest BCUT2D eigenvalue weighted by molar-refractivity contribution is 0.199. The third-order valence-corrected chi connectivity index (χ3v) is 1.19. The highest BCUT2D eigenvalue weighted by Gasteiger charge is 1.83. The zero-order chi connectivity index (χ0) is 8.95. The molecular formula is C9H25NO. The maximum atomic E-state index is 4.86. The lowest BCUT2D eigenvalue weighted by Gasteiger charge is -2.00. The fourth-order valence-electron chi connectivity index (χ4n) is 0.601. The molecule has 2 heteroatoms. The van der Waals surface area contributed by atoms with Gasteiger partial charge in [-0.1, -0.05) is 27.2 Å². The highest BCUT2D eigenvalue weighted by atomic mass is 16.5. The first kappa shape index (κ1) is 13.5. The summed E-state index contributed by atoms with van der Waals surface area (Å²) in [6.07, 6.45) is 2.53. The van der Waals surface area contributed by atoms with Gasteiger partial charge in [-0.3, -0.25) is 0 Å². The quantitative estimate of drug-likeness (QED) is 0.607. The van der Waals surface area contributed by atoms with Crippen molar-refractivity contribution < 1.29 is 6.16 Å². The molecule has 0 bridgehead atoms. The second-order valence-corrected chi connectivity index (χ2v) is 2.10. The van der Waals surface area contributed by atoms with Crippen LogP contribution in [0.2, 0.25) is 0 Å². The molecule has 0 aromatic carbocycles. The van der Waals surface area contributed by atoms with Crippen LogP contribution < -0.4 is 5.32 Å². The fourth-order valence-corrected chi connectivity index (χ4v) is 0.601. The summed E-state index contributed by atoms with van der Waals surface area (Å²) < 4.78 is 4.86. The maximum Gasteiger partial charge on any atom is 0.0587 e. The van der Waals surface area contributed by atoms with Crippen LogP contribution in [0.15, 0.2) is 0 Å². The van der Waals surface area contributed by atoms with E-state index in [1.807, 2.05) is 13.8 Å². The second kappa shape index (κ2) is 16.5. The molecule has 0 aromatic rings. The largest absolute Gasteiger partial charge is 0.383 e. The van der Waals surface area contributed by atoms with E-state index in [2.05, 4.69) is 12.2 Å². The van der Waals surface area contributed by atoms with Crippen molar-refractivity contribution >= 4 is 0 Å². The Hall–Kier alpha value is -0.0800. The van der Waals surface area contributed by atoms with E-state index in [4.69, 9.17) is 4.74 Å². The molecule has 72 valence electrons. The summed E-state index contributed by atoms with van der Waals surface area (Å²) in [7, 11) is 1.72. The van der Waals surface area contributed by atoms with Gasteiger partial charge in [-0.2, -0.15) is 0 Å². The topological polar surface area (TPSA) is 21.3 Å². The first-order chi connectivity index (χ1) is 5.41. The van der Waals surface area contributed by atoms with Crippen LogP contribution in [0.25, 0.3) is 0 Å². The second-order valence-electron chi connectivity index (χ2n) is 2.10. The van der Waals surface area contributed by atoms with Gasteiger partial charge in [-0.25, -0.2) is 0 Å². The molecule has 0 radical (unpaired) electrons. The van der Waals surface area contributed by atoms with E-state index in [1.165, 1.54) is 12.8 Å². The molecule has 0 aliphatic rings. The van der Waals surface area contributed by atoms with Crippen LogP contribution >= 0.6 is 0 Å². The van der Waals surface area contributed by atoms with Crippen LogP contribution in [0, 0.1) is 0 Å². The molecule has 0 aliphatic heterocycles. The van der Waals surface area contributed by atoms with Crippen molar-refractivity contribution in [3.63, 3.8) is 0 Å². The minimum Gasteiger partial charge on any atom is -0.383 e. The number of nitrogens with one attached hydrogen (secondary N) is 1. The first-order valence-electron chi connectivity index (χ1n) is 4.61. The van der Waals surface area contributed by atoms with Gasteiger partial charge in [0.25, 0.3) is 0 Å². The molecule has 2 nitrogen and oxygen atoms in total. The van der Waals surface area contributed by atoms with Crippen molar-refractivity contribution in [3.05, 3.63) is 0 Å². The number of ether oxygens (including phenoxy) is 1. The van der Waals surface area contributed by atoms with Gasteiger partial charge in [-0.15, -0.1) is 0 Å². The highest BCUT2D eigenvalue weighted by molar-refractivity contribution is 4.44. The van der Waals surface area contributed by atoms with Gasteiger partial charge in [0.15, 0.2) is 0 Å². The number of hydrogen-bond acceptors (Lipinski definition) is 2. The monoisotopic (exact) mass is 163 g/mol. The summed E-state index contributed by atoms with van der Waals surface area (Å²) in [6, 6.07) is 0. The van der Waals surface area contributed by atoms with Gasteiger partial charge in [0.1, 0.15) is 0 Å². The van der Waals surface area contributed by atoms with Crippen LogP contribution in [0.4, 0.5) is 0 Å². The van der Waals surface area contributed by atoms with Gasteiger partial charge in [0.2, 0.25) is 0 Å². The standard InChI is InChI=1S/C7H17NO.C2H6.H2/c1-3-4-5-8-6-7-9-2;1-2;/h8H,3-7H2,1-2H3;1-2H3;1H. The Morgan fingerprint density at radius 1 is 1.27 bits per heavy atom. The molecule has 0 unspecified atom stereocenters. The van der Waals surface area contributed by atoms with E-state index in [1.54, 1.807) is 7.11 Å². The molecule has 0 aliphatic carbocycles. The number of hydrogen-bond donors (Lipinski definition) is 1. The summed E-state index contributed by atoms with van der Waals surface area (Å²) in [6.45, 7) is 9.12. The summed E-state index contributed by atoms with van der Waals surface area (Å²) >= 11 is 0. The minimum atomic E-state index is 0. The molecule has 11 heavy (non-hydrogen) atoms. The van der Waals surface area contributed by atoms with Crippen molar-refractivity contribution in [1.29, 1.82) is 0 Å². The van der Waals surface area contributed by atoms with Crippen molar-refractivity contribution in [2.45, 2.75) is 33.6 Å². The number of methoxy groups -OCH3 is 1. The predicted molar refractivity (Wildman–Crippen MR) is 53.1 cm³/mol. The molecule has 0 heterocycles. The number of unbranched alkanes of at least 4 members (excludes halogenated alkanes) is 1. The summed E-state index contributed by atoms with van der Waals surface area (Å²) in [4.78, 5) is 0. The van der Waals surface area contributed by atoms with Crippen molar-refractivity contribution in [3.8, 4) is 0 Å². The van der Waals surface area contributed by atoms with Gasteiger partial charge in [-0.05, 0) is 13.0 Å². The van der Waals surface area contributed by atoms with E-state index in [9.17, 15) is 0 Å². The Labute approximate surface area is 72.8 Å². The zero-order valence-corrected chi connectivity index (χ0v) is 8.44. The molecule has 1 N–H and O–H groups in total. The average molecular weight is 163 g/mol. The molecule has 0 amide bonds. The van der Waals surface area contributed by atoms with E-state index in [-0.39, 0.29) is 1.43 Å². The van der Waals surface area contributed by atoms with Crippen LogP contribution in [0.1, 0.15) is 35.0 Å². The lowest BCUT2D eigenvalue weighted by atomic mass is 10.3. The van der Waals surface area contributed by atoms with Gasteiger partial charge in [0.05, 0.1) is 6.61 Å². The molecule has 0 spiro atoms. The Kier molecular flexibility index (Phi) is 20.2. The van der Waals surface area contributed by atoms with E-state index >= 15 is 0 Å². The Balaban J connectivity index is -0.000000249. The molecule has 0 rings (SSSR count). The fraction of sp³-hybridized carbons (Fsp3) is 1.00. The van der Waals surface area contributed by atoms with Gasteiger partial charge >= 0.3 is 0 Å². The Morgan fingerprint density at radius 3 is 2.36 bits per heavy atom. The summed E-state index contributed by atoms with van der Waals surface area (Å²) in [5, 5.41) is 3.26. The molecule has 0 saturated carbocycles. The summed E-state index contributed by atoms with van der Waals surface area (Å²) in [5.41, 5.74) is 0. The normalized spacial score (nSPS) is 8.73. The SMILES string of the molecule is CC.CCCCNCCOC.[HH]. The molecule has 0 fully saturated rings. The Bertz CT molecular complexity index is 47.8. The third-order valence-electron chi connectivity index (χ3n) is 1.19. The van der Waals surface area contributed by atoms with Crippen LogP contribution in [0.3, 0.4) is 0 Å². The van der Waals surface area contributed by atoms with Gasteiger partial charge < -0.3 is 10.1 Å².